The van der Waals surface area contributed by atoms with Crippen molar-refractivity contribution < 1.29 is 22.7 Å². The fourth-order valence-corrected chi connectivity index (χ4v) is 4.33. The molecule has 0 atom stereocenters. The number of nitrogens with one attached hydrogen (secondary N) is 1. The molecule has 0 saturated heterocycles. The van der Waals surface area contributed by atoms with E-state index in [1.165, 1.54) is 30.6 Å². The van der Waals surface area contributed by atoms with Gasteiger partial charge in [0.05, 0.1) is 17.6 Å². The Bertz CT molecular complexity index is 869. The predicted molar refractivity (Wildman–Crippen MR) is 92.3 cm³/mol. The molecule has 1 aromatic carbocycles. The first kappa shape index (κ1) is 18.2. The van der Waals surface area contributed by atoms with Crippen LogP contribution in [0.5, 0.6) is 0 Å². The number of amides is 1. The maximum Gasteiger partial charge on any atom is 0.341 e. The molecule has 0 aliphatic rings. The van der Waals surface area contributed by atoms with E-state index in [-0.39, 0.29) is 10.5 Å². The Morgan fingerprint density at radius 2 is 1.79 bits per heavy atom. The Morgan fingerprint density at radius 1 is 1.17 bits per heavy atom. The highest BCUT2D eigenvalue weighted by Crippen LogP contribution is 2.33. The summed E-state index contributed by atoms with van der Waals surface area (Å²) in [5, 5.41) is 2.81. The number of sulfone groups is 1. The van der Waals surface area contributed by atoms with E-state index in [2.05, 4.69) is 5.32 Å². The van der Waals surface area contributed by atoms with Gasteiger partial charge < -0.3 is 10.1 Å². The summed E-state index contributed by atoms with van der Waals surface area (Å²) in [6.45, 7) is 3.55. The van der Waals surface area contributed by atoms with Gasteiger partial charge in [0, 0.05) is 4.88 Å². The lowest BCUT2D eigenvalue weighted by molar-refractivity contribution is -0.113. The zero-order valence-corrected chi connectivity index (χ0v) is 15.1. The zero-order valence-electron chi connectivity index (χ0n) is 13.5. The van der Waals surface area contributed by atoms with Crippen LogP contribution in [0.25, 0.3) is 0 Å². The molecule has 0 aliphatic carbocycles. The van der Waals surface area contributed by atoms with Crippen LogP contribution in [-0.4, -0.2) is 33.2 Å². The molecule has 0 aliphatic heterocycles. The molecule has 0 unspecified atom stereocenters. The molecule has 0 fully saturated rings. The molecule has 2 rings (SSSR count). The maximum atomic E-state index is 12.2. The third-order valence-electron chi connectivity index (χ3n) is 3.45. The van der Waals surface area contributed by atoms with Crippen LogP contribution in [0.1, 0.15) is 20.8 Å². The van der Waals surface area contributed by atoms with Gasteiger partial charge in [0.15, 0.2) is 9.84 Å². The van der Waals surface area contributed by atoms with Gasteiger partial charge in [-0.25, -0.2) is 13.2 Å². The molecule has 8 heteroatoms. The van der Waals surface area contributed by atoms with E-state index in [1.807, 2.05) is 6.92 Å². The molecule has 128 valence electrons. The van der Waals surface area contributed by atoms with Gasteiger partial charge in [-0.2, -0.15) is 0 Å². The van der Waals surface area contributed by atoms with Gasteiger partial charge >= 0.3 is 5.97 Å². The monoisotopic (exact) mass is 367 g/mol. The van der Waals surface area contributed by atoms with E-state index >= 15 is 0 Å². The number of anilines is 1. The van der Waals surface area contributed by atoms with Crippen LogP contribution >= 0.6 is 11.3 Å². The number of rotatable bonds is 5. The Kier molecular flexibility index (Phi) is 5.40. The van der Waals surface area contributed by atoms with Crippen LogP contribution in [0.2, 0.25) is 0 Å². The SMILES string of the molecule is COC(=O)c1c(NC(=O)CS(=O)(=O)c2ccccc2)sc(C)c1C. The highest BCUT2D eigenvalue weighted by atomic mass is 32.2. The summed E-state index contributed by atoms with van der Waals surface area (Å²) < 4.78 is 29.2. The predicted octanol–water partition coefficient (Wildman–Crippen LogP) is 2.56. The third-order valence-corrected chi connectivity index (χ3v) is 6.21. The largest absolute Gasteiger partial charge is 0.465 e. The van der Waals surface area contributed by atoms with Crippen molar-refractivity contribution in [2.75, 3.05) is 18.2 Å². The number of hydrogen-bond acceptors (Lipinski definition) is 6. The number of aryl methyl sites for hydroxylation is 1. The van der Waals surface area contributed by atoms with E-state index in [4.69, 9.17) is 4.74 Å². The number of hydrogen-bond donors (Lipinski definition) is 1. The van der Waals surface area contributed by atoms with Crippen molar-refractivity contribution in [3.63, 3.8) is 0 Å². The van der Waals surface area contributed by atoms with Gasteiger partial charge in [-0.3, -0.25) is 4.79 Å². The number of benzene rings is 1. The molecule has 0 spiro atoms. The van der Waals surface area contributed by atoms with Crippen LogP contribution in [0.3, 0.4) is 0 Å². The van der Waals surface area contributed by atoms with Crippen molar-refractivity contribution in [3.05, 3.63) is 46.3 Å². The van der Waals surface area contributed by atoms with Crippen molar-refractivity contribution in [1.29, 1.82) is 0 Å². The van der Waals surface area contributed by atoms with Gasteiger partial charge in [0.25, 0.3) is 0 Å². The Hall–Kier alpha value is -2.19. The molecular weight excluding hydrogens is 350 g/mol. The second kappa shape index (κ2) is 7.14. The lowest BCUT2D eigenvalue weighted by atomic mass is 10.1. The van der Waals surface area contributed by atoms with E-state index in [0.717, 1.165) is 4.88 Å². The molecule has 2 aromatic rings. The van der Waals surface area contributed by atoms with E-state index in [9.17, 15) is 18.0 Å². The first-order chi connectivity index (χ1) is 11.3. The van der Waals surface area contributed by atoms with Crippen molar-refractivity contribution in [1.82, 2.24) is 0 Å². The second-order valence-corrected chi connectivity index (χ2v) is 8.31. The summed E-state index contributed by atoms with van der Waals surface area (Å²) in [4.78, 5) is 24.9. The average Bonchev–Trinajstić information content (AvgIpc) is 2.81. The minimum Gasteiger partial charge on any atom is -0.465 e. The quantitative estimate of drug-likeness (QED) is 0.821. The summed E-state index contributed by atoms with van der Waals surface area (Å²) >= 11 is 1.21. The van der Waals surface area contributed by atoms with Crippen molar-refractivity contribution in [2.45, 2.75) is 18.7 Å². The molecular formula is C16H17NO5S2. The van der Waals surface area contributed by atoms with Gasteiger partial charge in [-0.1, -0.05) is 18.2 Å². The fraction of sp³-hybridized carbons (Fsp3) is 0.250. The van der Waals surface area contributed by atoms with Crippen LogP contribution in [0.4, 0.5) is 5.00 Å². The molecule has 0 radical (unpaired) electrons. The van der Waals surface area contributed by atoms with Crippen LogP contribution < -0.4 is 5.32 Å². The van der Waals surface area contributed by atoms with Crippen LogP contribution in [0, 0.1) is 13.8 Å². The topological polar surface area (TPSA) is 89.5 Å². The van der Waals surface area contributed by atoms with E-state index in [0.29, 0.717) is 10.6 Å². The summed E-state index contributed by atoms with van der Waals surface area (Å²) in [6.07, 6.45) is 0. The molecule has 0 saturated carbocycles. The van der Waals surface area contributed by atoms with Gasteiger partial charge in [-0.15, -0.1) is 11.3 Å². The molecule has 1 heterocycles. The number of methoxy groups -OCH3 is 1. The Labute approximate surface area is 144 Å². The lowest BCUT2D eigenvalue weighted by Crippen LogP contribution is -2.23. The minimum atomic E-state index is -3.75. The lowest BCUT2D eigenvalue weighted by Gasteiger charge is -2.07. The highest BCUT2D eigenvalue weighted by molar-refractivity contribution is 7.92. The number of ether oxygens (including phenoxy) is 1. The molecule has 24 heavy (non-hydrogen) atoms. The van der Waals surface area contributed by atoms with E-state index in [1.54, 1.807) is 25.1 Å². The first-order valence-corrected chi connectivity index (χ1v) is 9.49. The van der Waals surface area contributed by atoms with E-state index < -0.39 is 27.5 Å². The minimum absolute atomic E-state index is 0.0758. The normalized spacial score (nSPS) is 11.1. The van der Waals surface area contributed by atoms with Gasteiger partial charge in [0.2, 0.25) is 5.91 Å². The fourth-order valence-electron chi connectivity index (χ4n) is 2.11. The molecule has 6 nitrogen and oxygen atoms in total. The average molecular weight is 367 g/mol. The summed E-state index contributed by atoms with van der Waals surface area (Å²) in [6, 6.07) is 7.74. The van der Waals surface area contributed by atoms with Crippen LogP contribution in [-0.2, 0) is 19.4 Å². The van der Waals surface area contributed by atoms with Gasteiger partial charge in [-0.05, 0) is 31.5 Å². The molecule has 0 bridgehead atoms. The van der Waals surface area contributed by atoms with Crippen molar-refractivity contribution >= 4 is 38.1 Å². The molecule has 1 amide bonds. The first-order valence-electron chi connectivity index (χ1n) is 7.02. The number of esters is 1. The van der Waals surface area contributed by atoms with Gasteiger partial charge in [0.1, 0.15) is 10.8 Å². The number of carbonyl (C=O) groups is 2. The third kappa shape index (κ3) is 3.82. The Balaban J connectivity index is 2.22. The van der Waals surface area contributed by atoms with Crippen molar-refractivity contribution in [2.24, 2.45) is 0 Å². The molecule has 1 aromatic heterocycles. The second-order valence-electron chi connectivity index (χ2n) is 5.10. The summed E-state index contributed by atoms with van der Waals surface area (Å²) in [5.41, 5.74) is 0.957. The van der Waals surface area contributed by atoms with Crippen molar-refractivity contribution in [3.8, 4) is 0 Å². The number of carbonyl (C=O) groups excluding carboxylic acids is 2. The summed E-state index contributed by atoms with van der Waals surface area (Å²) in [7, 11) is -2.49. The standard InChI is InChI=1S/C16H17NO5S2/c1-10-11(2)23-15(14(10)16(19)22-3)17-13(18)9-24(20,21)12-7-5-4-6-8-12/h4-8H,9H2,1-3H3,(H,17,18). The molecule has 1 N–H and O–H groups in total. The zero-order chi connectivity index (χ0) is 17.9. The maximum absolute atomic E-state index is 12.2. The Morgan fingerprint density at radius 3 is 2.38 bits per heavy atom. The highest BCUT2D eigenvalue weighted by Gasteiger charge is 2.24. The number of thiophene rings is 1. The summed E-state index contributed by atoms with van der Waals surface area (Å²) in [5.74, 6) is -1.98. The smallest absolute Gasteiger partial charge is 0.341 e. The van der Waals surface area contributed by atoms with Crippen LogP contribution in [0.15, 0.2) is 35.2 Å².